The van der Waals surface area contributed by atoms with E-state index in [4.69, 9.17) is 19.2 Å². The number of allylic oxidation sites excluding steroid dienone is 1. The summed E-state index contributed by atoms with van der Waals surface area (Å²) in [4.78, 5) is 10.6. The van der Waals surface area contributed by atoms with Gasteiger partial charge < -0.3 is 24.8 Å². The molecule has 1 aromatic carbocycles. The van der Waals surface area contributed by atoms with Crippen LogP contribution in [0.15, 0.2) is 48.9 Å². The molecular formula is C24H32O7. The Morgan fingerprint density at radius 1 is 1.13 bits per heavy atom. The fraction of sp³-hybridized carbons (Fsp3) is 0.583. The molecule has 3 fully saturated rings. The molecule has 2 heterocycles. The maximum atomic E-state index is 9.41. The predicted octanol–water partition coefficient (Wildman–Crippen LogP) is 3.07. The lowest BCUT2D eigenvalue weighted by molar-refractivity contribution is -0.323. The van der Waals surface area contributed by atoms with Crippen molar-refractivity contribution < 1.29 is 34.6 Å². The highest BCUT2D eigenvalue weighted by Gasteiger charge is 2.43. The lowest BCUT2D eigenvalue weighted by atomic mass is 9.76. The summed E-state index contributed by atoms with van der Waals surface area (Å²) in [7, 11) is 0. The fourth-order valence-electron chi connectivity index (χ4n) is 5.19. The number of hydrogen-bond acceptors (Lipinski definition) is 7. The van der Waals surface area contributed by atoms with Crippen molar-refractivity contribution in [2.24, 2.45) is 17.8 Å². The van der Waals surface area contributed by atoms with E-state index in [0.717, 1.165) is 18.4 Å². The van der Waals surface area contributed by atoms with E-state index < -0.39 is 5.97 Å². The van der Waals surface area contributed by atoms with Gasteiger partial charge in [0, 0.05) is 23.8 Å². The average Bonchev–Trinajstić information content (AvgIpc) is 3.14. The summed E-state index contributed by atoms with van der Waals surface area (Å²) in [6, 6.07) is 6.57. The van der Waals surface area contributed by atoms with Crippen LogP contribution in [0.5, 0.6) is 0 Å². The van der Waals surface area contributed by atoms with Gasteiger partial charge in [0.1, 0.15) is 12.2 Å². The lowest BCUT2D eigenvalue weighted by Gasteiger charge is -2.42. The van der Waals surface area contributed by atoms with Gasteiger partial charge in [-0.25, -0.2) is 9.78 Å². The second-order valence-corrected chi connectivity index (χ2v) is 9.21. The van der Waals surface area contributed by atoms with Gasteiger partial charge >= 0.3 is 5.97 Å². The normalized spacial score (nSPS) is 35.9. The zero-order valence-corrected chi connectivity index (χ0v) is 18.1. The van der Waals surface area contributed by atoms with E-state index in [9.17, 15) is 15.3 Å². The second kappa shape index (κ2) is 8.56. The molecule has 7 nitrogen and oxygen atoms in total. The summed E-state index contributed by atoms with van der Waals surface area (Å²) >= 11 is 0. The molecule has 3 aliphatic rings. The number of fused-ring (bicyclic) bond motifs is 1. The maximum Gasteiger partial charge on any atom is 0.304 e. The molecular weight excluding hydrogens is 400 g/mol. The minimum absolute atomic E-state index is 0.00747. The van der Waals surface area contributed by atoms with Crippen LogP contribution in [0.1, 0.15) is 50.2 Å². The van der Waals surface area contributed by atoms with E-state index in [1.165, 1.54) is 12.1 Å². The van der Waals surface area contributed by atoms with Crippen LogP contribution < -0.4 is 0 Å². The van der Waals surface area contributed by atoms with E-state index in [0.29, 0.717) is 36.4 Å². The molecule has 170 valence electrons. The van der Waals surface area contributed by atoms with Gasteiger partial charge in [0.25, 0.3) is 0 Å². The summed E-state index contributed by atoms with van der Waals surface area (Å²) in [6.07, 6.45) is 2.38. The van der Waals surface area contributed by atoms with Crippen LogP contribution in [-0.4, -0.2) is 40.2 Å². The van der Waals surface area contributed by atoms with Gasteiger partial charge in [-0.1, -0.05) is 44.3 Å². The topological polar surface area (TPSA) is 97.6 Å². The number of hydrogen-bond donors (Lipinski definition) is 3. The first-order valence-corrected chi connectivity index (χ1v) is 10.9. The Kier molecular flexibility index (Phi) is 6.16. The van der Waals surface area contributed by atoms with Crippen molar-refractivity contribution in [3.8, 4) is 0 Å². The number of rotatable bonds is 5. The largest absolute Gasteiger partial charge is 0.495 e. The number of benzene rings is 1. The highest BCUT2D eigenvalue weighted by Crippen LogP contribution is 2.45. The van der Waals surface area contributed by atoms with E-state index in [2.05, 4.69) is 20.1 Å². The zero-order valence-electron chi connectivity index (χ0n) is 18.1. The lowest BCUT2D eigenvalue weighted by Crippen LogP contribution is -2.40. The SMILES string of the molecule is C=C1CC(c2ccc(C(O)(O)O)cc2)C(C(=C)OC2CC3COOC3CC2C)C(C)O1. The average molecular weight is 433 g/mol. The number of ether oxygens (including phenoxy) is 2. The number of aliphatic hydroxyl groups is 3. The van der Waals surface area contributed by atoms with Crippen LogP contribution in [0.25, 0.3) is 0 Å². The second-order valence-electron chi connectivity index (χ2n) is 9.21. The van der Waals surface area contributed by atoms with Gasteiger partial charge in [-0.2, -0.15) is 0 Å². The smallest absolute Gasteiger partial charge is 0.304 e. The fourth-order valence-corrected chi connectivity index (χ4v) is 5.19. The van der Waals surface area contributed by atoms with Gasteiger partial charge in [-0.15, -0.1) is 0 Å². The molecule has 0 radical (unpaired) electrons. The van der Waals surface area contributed by atoms with Crippen molar-refractivity contribution >= 4 is 0 Å². The molecule has 0 amide bonds. The summed E-state index contributed by atoms with van der Waals surface area (Å²) in [5, 5.41) is 28.2. The first kappa shape index (κ1) is 22.3. The van der Waals surface area contributed by atoms with Crippen molar-refractivity contribution in [3.05, 3.63) is 60.1 Å². The quantitative estimate of drug-likeness (QED) is 0.374. The summed E-state index contributed by atoms with van der Waals surface area (Å²) in [5.41, 5.74) is 0.974. The maximum absolute atomic E-state index is 9.41. The van der Waals surface area contributed by atoms with Crippen molar-refractivity contribution in [1.82, 2.24) is 0 Å². The van der Waals surface area contributed by atoms with E-state index in [1.54, 1.807) is 12.1 Å². The molecule has 7 unspecified atom stereocenters. The van der Waals surface area contributed by atoms with Crippen molar-refractivity contribution in [2.45, 2.75) is 63.3 Å². The van der Waals surface area contributed by atoms with Crippen molar-refractivity contribution in [1.29, 1.82) is 0 Å². The third kappa shape index (κ3) is 4.66. The van der Waals surface area contributed by atoms with Crippen LogP contribution in [0.4, 0.5) is 0 Å². The van der Waals surface area contributed by atoms with Crippen molar-refractivity contribution in [3.63, 3.8) is 0 Å². The molecule has 1 saturated carbocycles. The van der Waals surface area contributed by atoms with Crippen LogP contribution in [0.2, 0.25) is 0 Å². The standard InChI is InChI=1S/C24H32O7/c1-13-9-22-18(12-28-31-22)11-21(13)30-16(4)23-15(3)29-14(2)10-20(23)17-5-7-19(8-6-17)24(25,26)27/h5-8,13,15,18,20-23,25-27H,2,4,9-12H2,1,3H3. The van der Waals surface area contributed by atoms with Crippen LogP contribution >= 0.6 is 0 Å². The van der Waals surface area contributed by atoms with E-state index in [-0.39, 0.29) is 35.7 Å². The third-order valence-electron chi connectivity index (χ3n) is 6.91. The Morgan fingerprint density at radius 2 is 1.84 bits per heavy atom. The van der Waals surface area contributed by atoms with Gasteiger partial charge in [-0.3, -0.25) is 0 Å². The zero-order chi connectivity index (χ0) is 22.3. The van der Waals surface area contributed by atoms with Crippen LogP contribution in [0, 0.1) is 17.8 Å². The van der Waals surface area contributed by atoms with Gasteiger partial charge in [0.05, 0.1) is 30.1 Å². The first-order chi connectivity index (χ1) is 14.6. The van der Waals surface area contributed by atoms with Gasteiger partial charge in [0.2, 0.25) is 0 Å². The van der Waals surface area contributed by atoms with Crippen LogP contribution in [-0.2, 0) is 25.2 Å². The molecule has 2 aliphatic heterocycles. The molecule has 4 rings (SSSR count). The van der Waals surface area contributed by atoms with Crippen LogP contribution in [0.3, 0.4) is 0 Å². The van der Waals surface area contributed by atoms with E-state index >= 15 is 0 Å². The summed E-state index contributed by atoms with van der Waals surface area (Å²) < 4.78 is 12.4. The molecule has 7 atom stereocenters. The molecule has 1 aromatic rings. The Labute approximate surface area is 182 Å². The van der Waals surface area contributed by atoms with E-state index in [1.807, 2.05) is 6.92 Å². The monoisotopic (exact) mass is 432 g/mol. The minimum Gasteiger partial charge on any atom is -0.495 e. The first-order valence-electron chi connectivity index (χ1n) is 10.9. The molecule has 0 aromatic heterocycles. The Bertz CT molecular complexity index is 812. The van der Waals surface area contributed by atoms with Gasteiger partial charge in [-0.05, 0) is 31.2 Å². The highest BCUT2D eigenvalue weighted by molar-refractivity contribution is 5.30. The summed E-state index contributed by atoms with van der Waals surface area (Å²) in [5.74, 6) is -0.912. The molecule has 7 heteroatoms. The molecule has 3 N–H and O–H groups in total. The predicted molar refractivity (Wildman–Crippen MR) is 112 cm³/mol. The Balaban J connectivity index is 1.52. The molecule has 0 bridgehead atoms. The minimum atomic E-state index is -2.86. The third-order valence-corrected chi connectivity index (χ3v) is 6.91. The van der Waals surface area contributed by atoms with Crippen molar-refractivity contribution in [2.75, 3.05) is 6.61 Å². The molecule has 2 saturated heterocycles. The van der Waals surface area contributed by atoms with Gasteiger partial charge in [0.15, 0.2) is 0 Å². The molecule has 1 aliphatic carbocycles. The Hall–Kier alpha value is -1.90. The Morgan fingerprint density at radius 3 is 2.52 bits per heavy atom. The highest BCUT2D eigenvalue weighted by atomic mass is 17.2. The molecule has 0 spiro atoms. The summed E-state index contributed by atoms with van der Waals surface area (Å²) in [6.45, 7) is 13.1. The molecule has 31 heavy (non-hydrogen) atoms.